The molecule has 1 N–H and O–H groups in total. The molecule has 1 atom stereocenters. The maximum atomic E-state index is 5.54. The van der Waals surface area contributed by atoms with Crippen LogP contribution >= 0.6 is 0 Å². The Kier molecular flexibility index (Phi) is 3.50. The molecule has 1 aliphatic carbocycles. The number of pyridine rings is 1. The van der Waals surface area contributed by atoms with Crippen molar-refractivity contribution in [1.29, 1.82) is 0 Å². The van der Waals surface area contributed by atoms with Gasteiger partial charge in [0, 0.05) is 18.7 Å². The lowest BCUT2D eigenvalue weighted by Gasteiger charge is -2.16. The minimum Gasteiger partial charge on any atom is -0.491 e. The molecule has 104 valence electrons. The third-order valence-electron chi connectivity index (χ3n) is 3.67. The van der Waals surface area contributed by atoms with Crippen LogP contribution < -0.4 is 10.1 Å². The molecule has 5 heteroatoms. The van der Waals surface area contributed by atoms with Crippen LogP contribution in [0.5, 0.6) is 5.75 Å². The molecule has 5 nitrogen and oxygen atoms in total. The molecule has 1 aliphatic rings. The molecule has 2 aromatic heterocycles. The lowest BCUT2D eigenvalue weighted by atomic mass is 10.0. The average Bonchev–Trinajstić information content (AvgIpc) is 2.91. The maximum absolute atomic E-state index is 5.54. The van der Waals surface area contributed by atoms with Gasteiger partial charge in [-0.15, -0.1) is 0 Å². The third-order valence-corrected chi connectivity index (χ3v) is 3.67. The highest BCUT2D eigenvalue weighted by Crippen LogP contribution is 2.41. The fourth-order valence-electron chi connectivity index (χ4n) is 2.81. The van der Waals surface area contributed by atoms with E-state index in [1.807, 2.05) is 19.2 Å². The number of rotatable bonds is 4. The molecule has 0 fully saturated rings. The number of aromatic nitrogens is 3. The van der Waals surface area contributed by atoms with E-state index < -0.39 is 0 Å². The maximum Gasteiger partial charge on any atom is 0.183 e. The van der Waals surface area contributed by atoms with Crippen LogP contribution in [0, 0.1) is 0 Å². The van der Waals surface area contributed by atoms with E-state index >= 15 is 0 Å². The second-order valence-corrected chi connectivity index (χ2v) is 4.81. The molecule has 0 amide bonds. The van der Waals surface area contributed by atoms with Crippen molar-refractivity contribution < 1.29 is 4.74 Å². The van der Waals surface area contributed by atoms with Gasteiger partial charge in [0.1, 0.15) is 6.33 Å². The van der Waals surface area contributed by atoms with E-state index in [0.29, 0.717) is 0 Å². The summed E-state index contributed by atoms with van der Waals surface area (Å²) >= 11 is 0. The molecule has 0 aromatic carbocycles. The molecule has 1 unspecified atom stereocenters. The highest BCUT2D eigenvalue weighted by Gasteiger charge is 2.30. The van der Waals surface area contributed by atoms with Crippen molar-refractivity contribution in [3.63, 3.8) is 0 Å². The minimum absolute atomic E-state index is 0.196. The third kappa shape index (κ3) is 2.09. The van der Waals surface area contributed by atoms with Crippen molar-refractivity contribution >= 4 is 5.82 Å². The molecule has 2 heterocycles. The normalized spacial score (nSPS) is 16.8. The van der Waals surface area contributed by atoms with Gasteiger partial charge in [-0.05, 0) is 31.4 Å². The summed E-state index contributed by atoms with van der Waals surface area (Å²) in [5.41, 5.74) is 3.35. The van der Waals surface area contributed by atoms with E-state index in [9.17, 15) is 0 Å². The van der Waals surface area contributed by atoms with Gasteiger partial charge in [-0.25, -0.2) is 9.97 Å². The number of nitrogens with zero attached hydrogens (tertiary/aromatic N) is 3. The quantitative estimate of drug-likeness (QED) is 0.924. The zero-order valence-electron chi connectivity index (χ0n) is 11.8. The summed E-state index contributed by atoms with van der Waals surface area (Å²) in [6, 6.07) is 4.13. The lowest BCUT2D eigenvalue weighted by Crippen LogP contribution is -2.09. The van der Waals surface area contributed by atoms with Crippen LogP contribution in [0.3, 0.4) is 0 Å². The molecule has 20 heavy (non-hydrogen) atoms. The number of hydrogen-bond donors (Lipinski definition) is 1. The highest BCUT2D eigenvalue weighted by atomic mass is 16.5. The van der Waals surface area contributed by atoms with Gasteiger partial charge in [-0.2, -0.15) is 0 Å². The number of hydrogen-bond acceptors (Lipinski definition) is 5. The van der Waals surface area contributed by atoms with Crippen molar-refractivity contribution in [2.75, 3.05) is 19.0 Å². The molecule has 0 saturated carbocycles. The van der Waals surface area contributed by atoms with Crippen molar-refractivity contribution in [3.05, 3.63) is 41.6 Å². The topological polar surface area (TPSA) is 59.9 Å². The van der Waals surface area contributed by atoms with E-state index in [2.05, 4.69) is 26.3 Å². The molecule has 0 saturated heterocycles. The first-order chi connectivity index (χ1) is 9.85. The van der Waals surface area contributed by atoms with Gasteiger partial charge in [0.2, 0.25) is 0 Å². The first-order valence-electron chi connectivity index (χ1n) is 6.91. The first kappa shape index (κ1) is 12.8. The zero-order valence-corrected chi connectivity index (χ0v) is 11.8. The molecular weight excluding hydrogens is 252 g/mol. The summed E-state index contributed by atoms with van der Waals surface area (Å²) in [7, 11) is 1.66. The Labute approximate surface area is 118 Å². The SMILES string of the molecule is CCNc1ncnc(C2CCc3cccnc32)c1OC. The van der Waals surface area contributed by atoms with Crippen LogP contribution in [-0.2, 0) is 6.42 Å². The summed E-state index contributed by atoms with van der Waals surface area (Å²) < 4.78 is 5.54. The molecular formula is C15H18N4O. The number of ether oxygens (including phenoxy) is 1. The summed E-state index contributed by atoms with van der Waals surface area (Å²) in [5, 5.41) is 3.22. The Morgan fingerprint density at radius 3 is 3.00 bits per heavy atom. The predicted octanol–water partition coefficient (Wildman–Crippen LogP) is 2.39. The van der Waals surface area contributed by atoms with E-state index in [1.54, 1.807) is 13.4 Å². The Balaban J connectivity index is 2.05. The van der Waals surface area contributed by atoms with Crippen LogP contribution in [0.1, 0.15) is 36.2 Å². The van der Waals surface area contributed by atoms with Crippen molar-refractivity contribution in [2.24, 2.45) is 0 Å². The molecule has 2 aromatic rings. The Bertz CT molecular complexity index is 615. The second kappa shape index (κ2) is 5.45. The van der Waals surface area contributed by atoms with Crippen molar-refractivity contribution in [1.82, 2.24) is 15.0 Å². The predicted molar refractivity (Wildman–Crippen MR) is 77.1 cm³/mol. The standard InChI is InChI=1S/C15H18N4O/c1-3-16-15-14(20-2)13(18-9-19-15)11-7-6-10-5-4-8-17-12(10)11/h4-5,8-9,11H,3,6-7H2,1-2H3,(H,16,18,19). The first-order valence-corrected chi connectivity index (χ1v) is 6.91. The van der Waals surface area contributed by atoms with Gasteiger partial charge in [0.05, 0.1) is 18.5 Å². The van der Waals surface area contributed by atoms with E-state index in [1.165, 1.54) is 5.56 Å². The fraction of sp³-hybridized carbons (Fsp3) is 0.400. The molecule has 3 rings (SSSR count). The van der Waals surface area contributed by atoms with E-state index in [4.69, 9.17) is 4.74 Å². The van der Waals surface area contributed by atoms with E-state index in [-0.39, 0.29) is 5.92 Å². The van der Waals surface area contributed by atoms with Gasteiger partial charge in [0.25, 0.3) is 0 Å². The Morgan fingerprint density at radius 2 is 2.20 bits per heavy atom. The second-order valence-electron chi connectivity index (χ2n) is 4.81. The van der Waals surface area contributed by atoms with Crippen LogP contribution in [-0.4, -0.2) is 28.6 Å². The smallest absolute Gasteiger partial charge is 0.183 e. The molecule has 0 radical (unpaired) electrons. The van der Waals surface area contributed by atoms with Crippen LogP contribution in [0.2, 0.25) is 0 Å². The van der Waals surface area contributed by atoms with Gasteiger partial charge in [-0.1, -0.05) is 6.07 Å². The Hall–Kier alpha value is -2.17. The van der Waals surface area contributed by atoms with Crippen molar-refractivity contribution in [2.45, 2.75) is 25.7 Å². The average molecular weight is 270 g/mol. The number of anilines is 1. The number of methoxy groups -OCH3 is 1. The number of aryl methyl sites for hydroxylation is 1. The minimum atomic E-state index is 0.196. The van der Waals surface area contributed by atoms with Crippen LogP contribution in [0.25, 0.3) is 0 Å². The van der Waals surface area contributed by atoms with Crippen LogP contribution in [0.4, 0.5) is 5.82 Å². The largest absolute Gasteiger partial charge is 0.491 e. The molecule has 0 bridgehead atoms. The number of fused-ring (bicyclic) bond motifs is 1. The summed E-state index contributed by atoms with van der Waals surface area (Å²) in [6.45, 7) is 2.83. The number of nitrogens with one attached hydrogen (secondary N) is 1. The van der Waals surface area contributed by atoms with Gasteiger partial charge in [-0.3, -0.25) is 4.98 Å². The van der Waals surface area contributed by atoms with Crippen LogP contribution in [0.15, 0.2) is 24.7 Å². The summed E-state index contributed by atoms with van der Waals surface area (Å²) in [4.78, 5) is 13.2. The van der Waals surface area contributed by atoms with Gasteiger partial charge < -0.3 is 10.1 Å². The lowest BCUT2D eigenvalue weighted by molar-refractivity contribution is 0.403. The van der Waals surface area contributed by atoms with E-state index in [0.717, 1.165) is 42.3 Å². The van der Waals surface area contributed by atoms with Gasteiger partial charge >= 0.3 is 0 Å². The summed E-state index contributed by atoms with van der Waals surface area (Å²) in [6.07, 6.45) is 5.50. The zero-order chi connectivity index (χ0) is 13.9. The molecule has 0 aliphatic heterocycles. The highest BCUT2D eigenvalue weighted by molar-refractivity contribution is 5.55. The monoisotopic (exact) mass is 270 g/mol. The van der Waals surface area contributed by atoms with Crippen molar-refractivity contribution in [3.8, 4) is 5.75 Å². The Morgan fingerprint density at radius 1 is 1.30 bits per heavy atom. The molecule has 0 spiro atoms. The fourth-order valence-corrected chi connectivity index (χ4v) is 2.81. The summed E-state index contributed by atoms with van der Waals surface area (Å²) in [5.74, 6) is 1.68. The van der Waals surface area contributed by atoms with Gasteiger partial charge in [0.15, 0.2) is 11.6 Å².